The fourth-order valence-corrected chi connectivity index (χ4v) is 3.46. The predicted octanol–water partition coefficient (Wildman–Crippen LogP) is 2.14. The summed E-state index contributed by atoms with van der Waals surface area (Å²) in [5.74, 6) is 0.273. The maximum Gasteiger partial charge on any atom is 0.147 e. The molecule has 1 aromatic rings. The van der Waals surface area contributed by atoms with Gasteiger partial charge in [-0.15, -0.1) is 11.3 Å². The van der Waals surface area contributed by atoms with E-state index in [0.717, 1.165) is 6.42 Å². The van der Waals surface area contributed by atoms with Gasteiger partial charge in [-0.1, -0.05) is 0 Å². The van der Waals surface area contributed by atoms with Crippen LogP contribution in [0.4, 0.5) is 0 Å². The fourth-order valence-electron chi connectivity index (χ4n) is 1.70. The van der Waals surface area contributed by atoms with Gasteiger partial charge in [0.05, 0.1) is 0 Å². The molecule has 5 heteroatoms. The highest BCUT2D eigenvalue weighted by Crippen LogP contribution is 2.26. The van der Waals surface area contributed by atoms with Crippen molar-refractivity contribution in [1.82, 2.24) is 5.32 Å². The zero-order chi connectivity index (χ0) is 12.2. The van der Waals surface area contributed by atoms with Crippen LogP contribution in [0, 0.1) is 6.92 Å². The van der Waals surface area contributed by atoms with Crippen molar-refractivity contribution in [2.75, 3.05) is 19.1 Å². The fraction of sp³-hybridized carbons (Fsp3) is 0.636. The molecule has 1 N–H and O–H groups in total. The van der Waals surface area contributed by atoms with Gasteiger partial charge in [0.2, 0.25) is 0 Å². The van der Waals surface area contributed by atoms with Crippen LogP contribution in [0.1, 0.15) is 29.3 Å². The smallest absolute Gasteiger partial charge is 0.147 e. The normalized spacial score (nSPS) is 13.9. The SMILES string of the molecule is CNC(CCCS(C)(=O)=O)c1sccc1C. The van der Waals surface area contributed by atoms with Crippen molar-refractivity contribution in [1.29, 1.82) is 0 Å². The lowest BCUT2D eigenvalue weighted by Gasteiger charge is -2.15. The molecule has 1 unspecified atom stereocenters. The Labute approximate surface area is 102 Å². The number of sulfone groups is 1. The Hall–Kier alpha value is -0.390. The summed E-state index contributed by atoms with van der Waals surface area (Å²) in [5.41, 5.74) is 1.28. The van der Waals surface area contributed by atoms with Crippen molar-refractivity contribution in [2.24, 2.45) is 0 Å². The Morgan fingerprint density at radius 3 is 2.62 bits per heavy atom. The van der Waals surface area contributed by atoms with E-state index in [1.807, 2.05) is 7.05 Å². The molecule has 16 heavy (non-hydrogen) atoms. The molecule has 0 bridgehead atoms. The summed E-state index contributed by atoms with van der Waals surface area (Å²) >= 11 is 1.73. The van der Waals surface area contributed by atoms with Crippen LogP contribution >= 0.6 is 11.3 Å². The van der Waals surface area contributed by atoms with E-state index in [1.54, 1.807) is 11.3 Å². The van der Waals surface area contributed by atoms with Crippen molar-refractivity contribution >= 4 is 21.2 Å². The van der Waals surface area contributed by atoms with E-state index in [-0.39, 0.29) is 11.8 Å². The Balaban J connectivity index is 2.54. The molecule has 0 saturated carbocycles. The highest BCUT2D eigenvalue weighted by Gasteiger charge is 2.13. The Kier molecular flexibility index (Phi) is 4.95. The zero-order valence-corrected chi connectivity index (χ0v) is 11.6. The quantitative estimate of drug-likeness (QED) is 0.853. The third kappa shape index (κ3) is 4.23. The molecule has 0 aliphatic carbocycles. The first-order valence-electron chi connectivity index (χ1n) is 5.33. The maximum atomic E-state index is 11.0. The molecule has 0 aromatic carbocycles. The van der Waals surface area contributed by atoms with Gasteiger partial charge in [-0.05, 0) is 43.8 Å². The number of hydrogen-bond donors (Lipinski definition) is 1. The van der Waals surface area contributed by atoms with Gasteiger partial charge in [-0.3, -0.25) is 0 Å². The minimum atomic E-state index is -2.83. The summed E-state index contributed by atoms with van der Waals surface area (Å²) in [7, 11) is -0.910. The Morgan fingerprint density at radius 2 is 2.19 bits per heavy atom. The summed E-state index contributed by atoms with van der Waals surface area (Å²) < 4.78 is 22.1. The molecule has 0 saturated heterocycles. The maximum absolute atomic E-state index is 11.0. The molecule has 1 atom stereocenters. The molecule has 0 amide bonds. The number of rotatable bonds is 6. The minimum absolute atomic E-state index is 0.273. The van der Waals surface area contributed by atoms with Crippen LogP contribution in [-0.4, -0.2) is 27.5 Å². The largest absolute Gasteiger partial charge is 0.312 e. The lowest BCUT2D eigenvalue weighted by molar-refractivity contribution is 0.542. The zero-order valence-electron chi connectivity index (χ0n) is 9.99. The molecule has 1 heterocycles. The lowest BCUT2D eigenvalue weighted by Crippen LogP contribution is -2.17. The van der Waals surface area contributed by atoms with Gasteiger partial charge in [0.15, 0.2) is 0 Å². The minimum Gasteiger partial charge on any atom is -0.312 e. The second-order valence-corrected chi connectivity index (χ2v) is 7.29. The second-order valence-electron chi connectivity index (χ2n) is 4.08. The van der Waals surface area contributed by atoms with Gasteiger partial charge in [0.25, 0.3) is 0 Å². The van der Waals surface area contributed by atoms with E-state index in [4.69, 9.17) is 0 Å². The summed E-state index contributed by atoms with van der Waals surface area (Å²) in [4.78, 5) is 1.32. The van der Waals surface area contributed by atoms with Crippen molar-refractivity contribution in [3.63, 3.8) is 0 Å². The molecule has 3 nitrogen and oxygen atoms in total. The molecule has 92 valence electrons. The van der Waals surface area contributed by atoms with E-state index in [2.05, 4.69) is 23.7 Å². The van der Waals surface area contributed by atoms with Gasteiger partial charge in [-0.2, -0.15) is 0 Å². The Bertz CT molecular complexity index is 423. The van der Waals surface area contributed by atoms with Crippen LogP contribution in [0.2, 0.25) is 0 Å². The van der Waals surface area contributed by atoms with Crippen LogP contribution in [0.3, 0.4) is 0 Å². The molecule has 0 fully saturated rings. The number of thiophene rings is 1. The number of aryl methyl sites for hydroxylation is 1. The van der Waals surface area contributed by atoms with Crippen molar-refractivity contribution < 1.29 is 8.42 Å². The van der Waals surface area contributed by atoms with Gasteiger partial charge in [0.1, 0.15) is 9.84 Å². The van der Waals surface area contributed by atoms with Crippen LogP contribution < -0.4 is 5.32 Å². The molecule has 1 rings (SSSR count). The standard InChI is InChI=1S/C11H19NO2S2/c1-9-6-7-15-11(9)10(12-2)5-4-8-16(3,13)14/h6-7,10,12H,4-5,8H2,1-3H3. The van der Waals surface area contributed by atoms with Crippen molar-refractivity contribution in [3.8, 4) is 0 Å². The first-order chi connectivity index (χ1) is 7.44. The average molecular weight is 261 g/mol. The Morgan fingerprint density at radius 1 is 1.50 bits per heavy atom. The van der Waals surface area contributed by atoms with E-state index in [9.17, 15) is 8.42 Å². The molecular weight excluding hydrogens is 242 g/mol. The third-order valence-electron chi connectivity index (χ3n) is 2.57. The third-order valence-corrected chi connectivity index (χ3v) is 4.74. The van der Waals surface area contributed by atoms with Crippen molar-refractivity contribution in [3.05, 3.63) is 21.9 Å². The summed E-state index contributed by atoms with van der Waals surface area (Å²) in [6.45, 7) is 2.09. The lowest BCUT2D eigenvalue weighted by atomic mass is 10.1. The van der Waals surface area contributed by atoms with E-state index >= 15 is 0 Å². The average Bonchev–Trinajstić information content (AvgIpc) is 2.58. The molecule has 0 radical (unpaired) electrons. The second kappa shape index (κ2) is 5.80. The van der Waals surface area contributed by atoms with Crippen LogP contribution in [0.25, 0.3) is 0 Å². The highest BCUT2D eigenvalue weighted by molar-refractivity contribution is 7.90. The molecular formula is C11H19NO2S2. The van der Waals surface area contributed by atoms with E-state index in [1.165, 1.54) is 16.7 Å². The number of hydrogen-bond acceptors (Lipinski definition) is 4. The van der Waals surface area contributed by atoms with Gasteiger partial charge in [0, 0.05) is 22.9 Å². The molecule has 0 aliphatic rings. The van der Waals surface area contributed by atoms with Crippen molar-refractivity contribution in [2.45, 2.75) is 25.8 Å². The van der Waals surface area contributed by atoms with Gasteiger partial charge < -0.3 is 5.32 Å². The summed E-state index contributed by atoms with van der Waals surface area (Å²) in [6, 6.07) is 2.38. The summed E-state index contributed by atoms with van der Waals surface area (Å²) in [6.07, 6.45) is 2.87. The van der Waals surface area contributed by atoms with Crippen LogP contribution in [0.15, 0.2) is 11.4 Å². The first-order valence-corrected chi connectivity index (χ1v) is 8.27. The van der Waals surface area contributed by atoms with Gasteiger partial charge >= 0.3 is 0 Å². The monoisotopic (exact) mass is 261 g/mol. The first kappa shape index (κ1) is 13.7. The van der Waals surface area contributed by atoms with Crippen LogP contribution in [0.5, 0.6) is 0 Å². The van der Waals surface area contributed by atoms with Gasteiger partial charge in [-0.25, -0.2) is 8.42 Å². The topological polar surface area (TPSA) is 46.2 Å². The number of nitrogens with one attached hydrogen (secondary N) is 1. The van der Waals surface area contributed by atoms with E-state index in [0.29, 0.717) is 6.42 Å². The van der Waals surface area contributed by atoms with Crippen LogP contribution in [-0.2, 0) is 9.84 Å². The summed E-state index contributed by atoms with van der Waals surface area (Å²) in [5, 5.41) is 5.32. The highest BCUT2D eigenvalue weighted by atomic mass is 32.2. The van der Waals surface area contributed by atoms with E-state index < -0.39 is 9.84 Å². The molecule has 1 aromatic heterocycles. The molecule has 0 spiro atoms. The molecule has 0 aliphatic heterocycles. The predicted molar refractivity (Wildman–Crippen MR) is 69.8 cm³/mol.